The summed E-state index contributed by atoms with van der Waals surface area (Å²) in [6, 6.07) is 11.1. The van der Waals surface area contributed by atoms with Gasteiger partial charge in [0, 0.05) is 10.8 Å². The normalized spacial score (nSPS) is 14.0. The number of fused-ring (bicyclic) bond motifs is 2. The first kappa shape index (κ1) is 19.9. The first-order valence-electron chi connectivity index (χ1n) is 6.87. The molecule has 2 aromatic carbocycles. The summed E-state index contributed by atoms with van der Waals surface area (Å²) in [5, 5.41) is 6.33. The van der Waals surface area contributed by atoms with Gasteiger partial charge >= 0.3 is 29.6 Å². The maximum Gasteiger partial charge on any atom is 1.00 e. The number of carbonyl (C=O) groups excluding carboxylic acids is 2. The van der Waals surface area contributed by atoms with Gasteiger partial charge < -0.3 is 20.1 Å². The molecule has 9 heteroatoms. The minimum absolute atomic E-state index is 0. The fourth-order valence-electron chi connectivity index (χ4n) is 2.05. The van der Waals surface area contributed by atoms with E-state index in [-0.39, 0.29) is 54.6 Å². The van der Waals surface area contributed by atoms with Crippen molar-refractivity contribution in [2.75, 3.05) is 23.8 Å². The topological polar surface area (TPSA) is 76.7 Å². The Morgan fingerprint density at radius 1 is 0.920 bits per heavy atom. The number of hydrogen-bond acceptors (Lipinski definition) is 4. The molecule has 0 fully saturated rings. The van der Waals surface area contributed by atoms with Crippen LogP contribution in [-0.2, 0) is 9.59 Å². The zero-order valence-corrected chi connectivity index (χ0v) is 16.7. The second kappa shape index (κ2) is 8.78. The predicted molar refractivity (Wildman–Crippen MR) is 90.0 cm³/mol. The van der Waals surface area contributed by atoms with Crippen molar-refractivity contribution < 1.29 is 48.6 Å². The van der Waals surface area contributed by atoms with Crippen LogP contribution in [0.5, 0.6) is 11.5 Å². The van der Waals surface area contributed by atoms with Gasteiger partial charge in [-0.25, -0.2) is 0 Å². The molecule has 6 nitrogen and oxygen atoms in total. The Bertz CT molecular complexity index is 749. The summed E-state index contributed by atoms with van der Waals surface area (Å²) < 4.78 is 10.2. The van der Waals surface area contributed by atoms with Gasteiger partial charge in [0.15, 0.2) is 13.2 Å². The molecule has 25 heavy (non-hydrogen) atoms. The minimum Gasteiger partial charge on any atom is -0.540 e. The maximum absolute atomic E-state index is 10.9. The summed E-state index contributed by atoms with van der Waals surface area (Å²) in [5.74, 6) is 0.965. The molecule has 0 saturated heterocycles. The van der Waals surface area contributed by atoms with Gasteiger partial charge in [0.25, 0.3) is 11.8 Å². The summed E-state index contributed by atoms with van der Waals surface area (Å²) in [5.41, 5.74) is 1.24. The molecule has 124 valence electrons. The van der Waals surface area contributed by atoms with E-state index in [1.165, 1.54) is 0 Å². The molecule has 2 aliphatic rings. The van der Waals surface area contributed by atoms with Crippen LogP contribution in [0.15, 0.2) is 30.3 Å². The molecule has 0 radical (unpaired) electrons. The molecule has 2 N–H and O–H groups in total. The van der Waals surface area contributed by atoms with Crippen LogP contribution in [0.1, 0.15) is 0 Å². The van der Waals surface area contributed by atoms with Crippen molar-refractivity contribution in [2.24, 2.45) is 0 Å². The van der Waals surface area contributed by atoms with Crippen molar-refractivity contribution in [2.45, 2.75) is 0 Å². The van der Waals surface area contributed by atoms with Crippen molar-refractivity contribution >= 4 is 46.4 Å². The van der Waals surface area contributed by atoms with Gasteiger partial charge in [-0.1, -0.05) is 16.6 Å². The van der Waals surface area contributed by atoms with Crippen LogP contribution in [0.25, 0.3) is 0 Å². The third-order valence-corrected chi connectivity index (χ3v) is 3.54. The van der Waals surface area contributed by atoms with Crippen LogP contribution in [0.2, 0.25) is 10.0 Å². The minimum atomic E-state index is -0.162. The van der Waals surface area contributed by atoms with E-state index in [0.717, 1.165) is 0 Å². The Morgan fingerprint density at radius 2 is 1.52 bits per heavy atom. The molecule has 0 spiro atoms. The molecule has 0 atom stereocenters. The number of amides is 2. The molecule has 2 aromatic rings. The molecule has 0 unspecified atom stereocenters. The van der Waals surface area contributed by atoms with E-state index < -0.39 is 0 Å². The number of rotatable bonds is 0. The summed E-state index contributed by atoms with van der Waals surface area (Å²) >= 11 is 11.4. The fraction of sp³-hybridized carbons (Fsp3) is 0.125. The van der Waals surface area contributed by atoms with Gasteiger partial charge in [-0.2, -0.15) is 6.07 Å². The molecule has 2 aliphatic heterocycles. The van der Waals surface area contributed by atoms with Gasteiger partial charge in [-0.05, 0) is 23.9 Å². The van der Waals surface area contributed by atoms with Crippen LogP contribution in [0.4, 0.5) is 11.4 Å². The molecule has 0 bridgehead atoms. The van der Waals surface area contributed by atoms with Gasteiger partial charge in [-0.3, -0.25) is 9.59 Å². The molecular formula is C16H11Cl2N2NaO4. The number of ether oxygens (including phenoxy) is 2. The van der Waals surface area contributed by atoms with E-state index >= 15 is 0 Å². The van der Waals surface area contributed by atoms with Crippen LogP contribution in [0, 0.1) is 6.07 Å². The smallest absolute Gasteiger partial charge is 0.540 e. The number of benzene rings is 2. The Labute approximate surface area is 176 Å². The average molecular weight is 389 g/mol. The van der Waals surface area contributed by atoms with Crippen molar-refractivity contribution in [3.63, 3.8) is 0 Å². The zero-order chi connectivity index (χ0) is 17.1. The van der Waals surface area contributed by atoms with Crippen LogP contribution >= 0.6 is 23.2 Å². The quantitative estimate of drug-likeness (QED) is 0.497. The third-order valence-electron chi connectivity index (χ3n) is 3.08. The summed E-state index contributed by atoms with van der Waals surface area (Å²) in [7, 11) is 0. The maximum atomic E-state index is 10.9. The summed E-state index contributed by atoms with van der Waals surface area (Å²) in [4.78, 5) is 21.7. The van der Waals surface area contributed by atoms with E-state index in [1.54, 1.807) is 30.3 Å². The molecule has 4 rings (SSSR count). The summed E-state index contributed by atoms with van der Waals surface area (Å²) in [6.45, 7) is 0.136. The molecule has 0 aromatic heterocycles. The molecule has 2 heterocycles. The Balaban J connectivity index is 0.000000173. The molecule has 0 saturated carbocycles. The second-order valence-corrected chi connectivity index (χ2v) is 5.72. The van der Waals surface area contributed by atoms with Gasteiger partial charge in [0.2, 0.25) is 0 Å². The van der Waals surface area contributed by atoms with Crippen LogP contribution in [0.3, 0.4) is 0 Å². The Kier molecular flexibility index (Phi) is 6.98. The number of nitrogens with one attached hydrogen (secondary N) is 2. The monoisotopic (exact) mass is 388 g/mol. The van der Waals surface area contributed by atoms with E-state index in [1.807, 2.05) is 0 Å². The van der Waals surface area contributed by atoms with Gasteiger partial charge in [-0.15, -0.1) is 23.7 Å². The SMILES string of the molecule is O=C1COc2c[c-]c(Cl)cc2N1.O=C1COc2ccc(Cl)cc2N1.[Na+]. The Hall–Kier alpha value is -1.44. The molecular weight excluding hydrogens is 378 g/mol. The first-order chi connectivity index (χ1) is 11.5. The number of hydrogen-bond donors (Lipinski definition) is 2. The van der Waals surface area contributed by atoms with E-state index in [0.29, 0.717) is 32.9 Å². The van der Waals surface area contributed by atoms with E-state index in [9.17, 15) is 9.59 Å². The average Bonchev–Trinajstić information content (AvgIpc) is 2.54. The number of anilines is 2. The van der Waals surface area contributed by atoms with Gasteiger partial charge in [0.1, 0.15) is 5.75 Å². The van der Waals surface area contributed by atoms with Crippen LogP contribution in [-0.4, -0.2) is 25.0 Å². The predicted octanol–water partition coefficient (Wildman–Crippen LogP) is 0.146. The van der Waals surface area contributed by atoms with Gasteiger partial charge in [0.05, 0.1) is 5.69 Å². The van der Waals surface area contributed by atoms with E-state index in [4.69, 9.17) is 32.7 Å². The fourth-order valence-corrected chi connectivity index (χ4v) is 2.39. The molecule has 0 aliphatic carbocycles. The van der Waals surface area contributed by atoms with Crippen molar-refractivity contribution in [1.82, 2.24) is 0 Å². The Morgan fingerprint density at radius 3 is 2.20 bits per heavy atom. The first-order valence-corrected chi connectivity index (χ1v) is 7.63. The summed E-state index contributed by atoms with van der Waals surface area (Å²) in [6.07, 6.45) is 0. The second-order valence-electron chi connectivity index (χ2n) is 4.87. The number of carbonyl (C=O) groups is 2. The van der Waals surface area contributed by atoms with Crippen molar-refractivity contribution in [3.05, 3.63) is 46.4 Å². The third kappa shape index (κ3) is 5.26. The van der Waals surface area contributed by atoms with E-state index in [2.05, 4.69) is 16.7 Å². The van der Waals surface area contributed by atoms with Crippen LogP contribution < -0.4 is 49.7 Å². The largest absolute Gasteiger partial charge is 1.00 e. The standard InChI is InChI=1S/C8H6ClNO2.C8H5ClNO2.Na/c2*9-5-1-2-7-6(3-5)10-8(11)4-12-7;/h1-3H,4H2,(H,10,11);2-3H,4H2,(H,10,11);/q;-1;+1. The number of halogens is 2. The van der Waals surface area contributed by atoms with Crippen molar-refractivity contribution in [1.29, 1.82) is 0 Å². The van der Waals surface area contributed by atoms with Crippen molar-refractivity contribution in [3.8, 4) is 11.5 Å². The zero-order valence-electron chi connectivity index (χ0n) is 13.2. The molecule has 2 amide bonds.